The molecule has 1 aromatic carbocycles. The van der Waals surface area contributed by atoms with Crippen molar-refractivity contribution in [3.05, 3.63) is 47.7 Å². The molecule has 0 saturated carbocycles. The summed E-state index contributed by atoms with van der Waals surface area (Å²) in [5, 5.41) is 0. The van der Waals surface area contributed by atoms with Gasteiger partial charge >= 0.3 is 0 Å². The van der Waals surface area contributed by atoms with Crippen molar-refractivity contribution in [2.45, 2.75) is 25.7 Å². The molecular formula is C16H16N4. The van der Waals surface area contributed by atoms with Gasteiger partial charge in [-0.3, -0.25) is 4.57 Å². The van der Waals surface area contributed by atoms with Crippen LogP contribution in [0.25, 0.3) is 16.9 Å². The highest BCUT2D eigenvalue weighted by atomic mass is 15.2. The molecule has 0 radical (unpaired) electrons. The summed E-state index contributed by atoms with van der Waals surface area (Å²) in [7, 11) is 0. The molecule has 0 aliphatic heterocycles. The van der Waals surface area contributed by atoms with E-state index < -0.39 is 0 Å². The summed E-state index contributed by atoms with van der Waals surface area (Å²) in [6.45, 7) is 0. The summed E-state index contributed by atoms with van der Waals surface area (Å²) in [4.78, 5) is 8.86. The number of aromatic nitrogens is 3. The van der Waals surface area contributed by atoms with E-state index in [1.807, 2.05) is 16.7 Å². The van der Waals surface area contributed by atoms with E-state index in [1.54, 1.807) is 6.20 Å². The third kappa shape index (κ3) is 1.61. The number of hydrogen-bond donors (Lipinski definition) is 1. The molecule has 0 atom stereocenters. The van der Waals surface area contributed by atoms with Gasteiger partial charge in [-0.2, -0.15) is 0 Å². The Morgan fingerprint density at radius 3 is 2.90 bits per heavy atom. The van der Waals surface area contributed by atoms with Gasteiger partial charge in [0.05, 0.1) is 5.69 Å². The predicted octanol–water partition coefficient (Wildman–Crippen LogP) is 2.88. The number of hydrogen-bond acceptors (Lipinski definition) is 3. The van der Waals surface area contributed by atoms with E-state index in [-0.39, 0.29) is 0 Å². The van der Waals surface area contributed by atoms with Gasteiger partial charge < -0.3 is 5.73 Å². The molecule has 1 aliphatic carbocycles. The fraction of sp³-hybridized carbons (Fsp3) is 0.250. The van der Waals surface area contributed by atoms with Crippen molar-refractivity contribution in [2.24, 2.45) is 0 Å². The van der Waals surface area contributed by atoms with Gasteiger partial charge in [-0.1, -0.05) is 12.1 Å². The quantitative estimate of drug-likeness (QED) is 0.735. The first-order valence-electron chi connectivity index (χ1n) is 7.04. The largest absolute Gasteiger partial charge is 0.369 e. The minimum Gasteiger partial charge on any atom is -0.369 e. The molecule has 0 unspecified atom stereocenters. The van der Waals surface area contributed by atoms with E-state index in [9.17, 15) is 0 Å². The van der Waals surface area contributed by atoms with Crippen LogP contribution in [0.5, 0.6) is 0 Å². The molecule has 0 saturated heterocycles. The average molecular weight is 264 g/mol. The molecule has 0 spiro atoms. The molecule has 2 heterocycles. The van der Waals surface area contributed by atoms with E-state index in [0.29, 0.717) is 5.95 Å². The Morgan fingerprint density at radius 1 is 1.05 bits per heavy atom. The van der Waals surface area contributed by atoms with Gasteiger partial charge in [0, 0.05) is 6.20 Å². The van der Waals surface area contributed by atoms with E-state index in [1.165, 1.54) is 24.0 Å². The Balaban J connectivity index is 2.02. The number of nitrogens with two attached hydrogens (primary N) is 1. The van der Waals surface area contributed by atoms with Crippen LogP contribution in [0, 0.1) is 0 Å². The van der Waals surface area contributed by atoms with Gasteiger partial charge in [0.2, 0.25) is 5.95 Å². The summed E-state index contributed by atoms with van der Waals surface area (Å²) in [6.07, 6.45) is 6.56. The van der Waals surface area contributed by atoms with Crippen LogP contribution in [0.1, 0.15) is 24.0 Å². The van der Waals surface area contributed by atoms with Crippen molar-refractivity contribution >= 4 is 17.1 Å². The maximum Gasteiger partial charge on any atom is 0.207 e. The Morgan fingerprint density at radius 2 is 1.95 bits per heavy atom. The summed E-state index contributed by atoms with van der Waals surface area (Å²) >= 11 is 0. The fourth-order valence-electron chi connectivity index (χ4n) is 3.14. The van der Waals surface area contributed by atoms with E-state index in [0.717, 1.165) is 29.7 Å². The monoisotopic (exact) mass is 264 g/mol. The molecule has 0 bridgehead atoms. The lowest BCUT2D eigenvalue weighted by Crippen LogP contribution is -2.10. The highest BCUT2D eigenvalue weighted by Crippen LogP contribution is 2.30. The molecule has 1 aliphatic rings. The van der Waals surface area contributed by atoms with Gasteiger partial charge in [0.1, 0.15) is 5.52 Å². The second-order valence-electron chi connectivity index (χ2n) is 5.27. The first kappa shape index (κ1) is 11.5. The lowest BCUT2D eigenvalue weighted by Gasteiger charge is -2.20. The number of anilines is 1. The molecule has 20 heavy (non-hydrogen) atoms. The summed E-state index contributed by atoms with van der Waals surface area (Å²) in [5.74, 6) is 0.512. The van der Waals surface area contributed by atoms with Crippen LogP contribution < -0.4 is 5.73 Å². The second kappa shape index (κ2) is 4.34. The van der Waals surface area contributed by atoms with Gasteiger partial charge in [-0.25, -0.2) is 9.97 Å². The molecular weight excluding hydrogens is 248 g/mol. The lowest BCUT2D eigenvalue weighted by molar-refractivity contribution is 0.682. The van der Waals surface area contributed by atoms with E-state index in [4.69, 9.17) is 5.73 Å². The number of imidazole rings is 1. The van der Waals surface area contributed by atoms with Crippen LogP contribution in [0.3, 0.4) is 0 Å². The summed E-state index contributed by atoms with van der Waals surface area (Å²) in [6, 6.07) is 10.3. The third-order valence-corrected chi connectivity index (χ3v) is 4.05. The van der Waals surface area contributed by atoms with Crippen LogP contribution in [0.4, 0.5) is 5.95 Å². The van der Waals surface area contributed by atoms with Crippen LogP contribution >= 0.6 is 0 Å². The molecule has 3 aromatic rings. The lowest BCUT2D eigenvalue weighted by atomic mass is 9.90. The number of pyridine rings is 1. The Hall–Kier alpha value is -2.36. The molecule has 2 N–H and O–H groups in total. The zero-order valence-corrected chi connectivity index (χ0v) is 11.2. The van der Waals surface area contributed by atoms with Crippen LogP contribution in [-0.4, -0.2) is 14.5 Å². The average Bonchev–Trinajstić information content (AvgIpc) is 2.82. The highest BCUT2D eigenvalue weighted by Gasteiger charge is 2.18. The zero-order valence-electron chi connectivity index (χ0n) is 11.2. The van der Waals surface area contributed by atoms with Crippen molar-refractivity contribution in [3.8, 4) is 5.69 Å². The minimum atomic E-state index is 0.512. The Labute approximate surface area is 117 Å². The molecule has 4 rings (SSSR count). The van der Waals surface area contributed by atoms with Crippen LogP contribution in [0.15, 0.2) is 36.5 Å². The first-order valence-corrected chi connectivity index (χ1v) is 7.04. The van der Waals surface area contributed by atoms with Crippen molar-refractivity contribution in [1.82, 2.24) is 14.5 Å². The van der Waals surface area contributed by atoms with Crippen LogP contribution in [-0.2, 0) is 12.8 Å². The zero-order chi connectivity index (χ0) is 13.5. The molecule has 0 fully saturated rings. The number of rotatable bonds is 1. The van der Waals surface area contributed by atoms with Gasteiger partial charge in [0.15, 0.2) is 5.65 Å². The highest BCUT2D eigenvalue weighted by molar-refractivity contribution is 5.77. The maximum atomic E-state index is 6.13. The standard InChI is InChI=1S/C16H16N4/c17-16-19-13-8-4-10-18-15(13)20(16)14-9-3-6-11-5-1-2-7-12(11)14/h3-4,6,8-10H,1-2,5,7H2,(H2,17,19). The minimum absolute atomic E-state index is 0.512. The normalized spacial score (nSPS) is 14.4. The van der Waals surface area contributed by atoms with E-state index >= 15 is 0 Å². The predicted molar refractivity (Wildman–Crippen MR) is 79.9 cm³/mol. The number of nitrogen functional groups attached to an aromatic ring is 1. The number of benzene rings is 1. The Bertz CT molecular complexity index is 788. The smallest absolute Gasteiger partial charge is 0.207 e. The molecule has 2 aromatic heterocycles. The van der Waals surface area contributed by atoms with Gasteiger partial charge in [-0.15, -0.1) is 0 Å². The van der Waals surface area contributed by atoms with Crippen molar-refractivity contribution in [3.63, 3.8) is 0 Å². The first-order chi connectivity index (χ1) is 9.84. The SMILES string of the molecule is Nc1nc2cccnc2n1-c1cccc2c1CCCC2. The molecule has 0 amide bonds. The number of aryl methyl sites for hydroxylation is 1. The fourth-order valence-corrected chi connectivity index (χ4v) is 3.14. The summed E-state index contributed by atoms with van der Waals surface area (Å²) in [5.41, 5.74) is 11.8. The topological polar surface area (TPSA) is 56.7 Å². The van der Waals surface area contributed by atoms with E-state index in [2.05, 4.69) is 28.2 Å². The van der Waals surface area contributed by atoms with Crippen molar-refractivity contribution < 1.29 is 0 Å². The summed E-state index contributed by atoms with van der Waals surface area (Å²) < 4.78 is 1.99. The van der Waals surface area contributed by atoms with Gasteiger partial charge in [-0.05, 0) is 55.0 Å². The molecule has 100 valence electrons. The van der Waals surface area contributed by atoms with Gasteiger partial charge in [0.25, 0.3) is 0 Å². The van der Waals surface area contributed by atoms with Crippen molar-refractivity contribution in [2.75, 3.05) is 5.73 Å². The van der Waals surface area contributed by atoms with Crippen LogP contribution in [0.2, 0.25) is 0 Å². The number of fused-ring (bicyclic) bond motifs is 2. The third-order valence-electron chi connectivity index (χ3n) is 4.05. The Kier molecular flexibility index (Phi) is 2.49. The molecule has 4 heteroatoms. The maximum absolute atomic E-state index is 6.13. The van der Waals surface area contributed by atoms with Crippen molar-refractivity contribution in [1.29, 1.82) is 0 Å². The molecule has 4 nitrogen and oxygen atoms in total. The number of nitrogens with zero attached hydrogens (tertiary/aromatic N) is 3. The second-order valence-corrected chi connectivity index (χ2v) is 5.27.